The second-order valence-corrected chi connectivity index (χ2v) is 4.14. The lowest BCUT2D eigenvalue weighted by Gasteiger charge is -2.05. The zero-order chi connectivity index (χ0) is 10.5. The lowest BCUT2D eigenvalue weighted by molar-refractivity contribution is 1.42. The van der Waals surface area contributed by atoms with E-state index >= 15 is 0 Å². The van der Waals surface area contributed by atoms with Crippen molar-refractivity contribution in [3.63, 3.8) is 0 Å². The molecule has 1 heterocycles. The average molecular weight is 203 g/mol. The molecule has 4 rings (SSSR count). The first-order valence-corrected chi connectivity index (χ1v) is 5.42. The Kier molecular flexibility index (Phi) is 1.36. The maximum absolute atomic E-state index is 4.53. The van der Waals surface area contributed by atoms with Gasteiger partial charge in [-0.3, -0.25) is 4.98 Å². The van der Waals surface area contributed by atoms with Gasteiger partial charge < -0.3 is 0 Å². The molecule has 1 heteroatoms. The maximum Gasteiger partial charge on any atom is 0.0792 e. The Morgan fingerprint density at radius 2 is 1.75 bits per heavy atom. The molecular formula is C15H9N. The van der Waals surface area contributed by atoms with Crippen LogP contribution in [0, 0.1) is 0 Å². The molecule has 1 aliphatic carbocycles. The van der Waals surface area contributed by atoms with Crippen LogP contribution in [0.25, 0.3) is 33.8 Å². The third-order valence-corrected chi connectivity index (χ3v) is 3.24. The van der Waals surface area contributed by atoms with Crippen LogP contribution in [0.5, 0.6) is 0 Å². The number of aromatic nitrogens is 1. The number of pyridine rings is 1. The molecule has 0 fully saturated rings. The molecule has 0 amide bonds. The van der Waals surface area contributed by atoms with E-state index in [4.69, 9.17) is 0 Å². The van der Waals surface area contributed by atoms with Crippen molar-refractivity contribution >= 4 is 33.8 Å². The monoisotopic (exact) mass is 203 g/mol. The van der Waals surface area contributed by atoms with Crippen LogP contribution in [0.3, 0.4) is 0 Å². The van der Waals surface area contributed by atoms with Crippen LogP contribution in [0.2, 0.25) is 0 Å². The topological polar surface area (TPSA) is 12.9 Å². The Bertz CT molecular complexity index is 754. The Hall–Kier alpha value is -2.15. The lowest BCUT2D eigenvalue weighted by atomic mass is 10.0. The molecule has 0 bridgehead atoms. The van der Waals surface area contributed by atoms with Gasteiger partial charge in [-0.1, -0.05) is 36.4 Å². The first kappa shape index (κ1) is 8.05. The van der Waals surface area contributed by atoms with Gasteiger partial charge in [-0.2, -0.15) is 0 Å². The lowest BCUT2D eigenvalue weighted by Crippen LogP contribution is -1.85. The number of rotatable bonds is 0. The Balaban J connectivity index is 2.39. The Morgan fingerprint density at radius 3 is 2.75 bits per heavy atom. The molecule has 0 saturated carbocycles. The summed E-state index contributed by atoms with van der Waals surface area (Å²) in [5.41, 5.74) is 3.69. The average Bonchev–Trinajstić information content (AvgIpc) is 2.75. The molecule has 1 aromatic heterocycles. The van der Waals surface area contributed by atoms with Gasteiger partial charge in [0.25, 0.3) is 0 Å². The number of hydrogen-bond acceptors (Lipinski definition) is 1. The molecule has 1 aliphatic rings. The number of hydrogen-bond donors (Lipinski definition) is 0. The summed E-state index contributed by atoms with van der Waals surface area (Å²) in [5.74, 6) is 0. The summed E-state index contributed by atoms with van der Waals surface area (Å²) < 4.78 is 0. The van der Waals surface area contributed by atoms with Crippen molar-refractivity contribution in [1.82, 2.24) is 4.98 Å². The third-order valence-electron chi connectivity index (χ3n) is 3.24. The first-order valence-electron chi connectivity index (χ1n) is 5.42. The van der Waals surface area contributed by atoms with E-state index in [1.165, 1.54) is 27.3 Å². The van der Waals surface area contributed by atoms with E-state index in [1.807, 2.05) is 6.20 Å². The minimum absolute atomic E-state index is 1.12. The van der Waals surface area contributed by atoms with Crippen molar-refractivity contribution in [1.29, 1.82) is 0 Å². The van der Waals surface area contributed by atoms with Gasteiger partial charge in [-0.05, 0) is 28.6 Å². The zero-order valence-corrected chi connectivity index (χ0v) is 8.64. The predicted octanol–water partition coefficient (Wildman–Crippen LogP) is 3.87. The van der Waals surface area contributed by atoms with E-state index in [0.717, 1.165) is 5.52 Å². The molecule has 0 radical (unpaired) electrons. The van der Waals surface area contributed by atoms with Gasteiger partial charge in [0.1, 0.15) is 0 Å². The Labute approximate surface area is 93.0 Å². The zero-order valence-electron chi connectivity index (χ0n) is 8.64. The summed E-state index contributed by atoms with van der Waals surface area (Å²) in [5, 5.41) is 3.80. The molecule has 2 aromatic carbocycles. The Morgan fingerprint density at radius 1 is 0.875 bits per heavy atom. The normalized spacial score (nSPS) is 12.8. The molecule has 74 valence electrons. The fourth-order valence-corrected chi connectivity index (χ4v) is 2.51. The fourth-order valence-electron chi connectivity index (χ4n) is 2.51. The minimum atomic E-state index is 1.12. The van der Waals surface area contributed by atoms with Gasteiger partial charge in [-0.25, -0.2) is 0 Å². The molecular weight excluding hydrogens is 194 g/mol. The van der Waals surface area contributed by atoms with E-state index in [1.54, 1.807) is 0 Å². The van der Waals surface area contributed by atoms with Gasteiger partial charge in [-0.15, -0.1) is 0 Å². The predicted molar refractivity (Wildman–Crippen MR) is 68.2 cm³/mol. The van der Waals surface area contributed by atoms with Crippen molar-refractivity contribution in [3.8, 4) is 0 Å². The van der Waals surface area contributed by atoms with Crippen LogP contribution in [-0.2, 0) is 0 Å². The number of fused-ring (bicyclic) bond motifs is 2. The van der Waals surface area contributed by atoms with Crippen LogP contribution in [0.4, 0.5) is 0 Å². The van der Waals surface area contributed by atoms with Gasteiger partial charge in [0.2, 0.25) is 0 Å². The van der Waals surface area contributed by atoms with Crippen molar-refractivity contribution in [3.05, 3.63) is 53.7 Å². The van der Waals surface area contributed by atoms with Crippen molar-refractivity contribution in [2.24, 2.45) is 0 Å². The first-order chi connectivity index (χ1) is 7.93. The van der Waals surface area contributed by atoms with Gasteiger partial charge in [0.15, 0.2) is 0 Å². The van der Waals surface area contributed by atoms with Crippen molar-refractivity contribution in [2.75, 3.05) is 0 Å². The van der Waals surface area contributed by atoms with Crippen LogP contribution in [0.15, 0.2) is 42.6 Å². The standard InChI is InChI=1S/C15H9N/c1-2-4-13-11(3-1)9-12-6-5-10-7-8-16-15(13)14(10)12/h1-9H. The summed E-state index contributed by atoms with van der Waals surface area (Å²) in [6.07, 6.45) is 6.23. The summed E-state index contributed by atoms with van der Waals surface area (Å²) in [6, 6.07) is 12.7. The highest BCUT2D eigenvalue weighted by Crippen LogP contribution is 2.34. The number of benzene rings is 2. The minimum Gasteiger partial charge on any atom is -0.256 e. The second-order valence-electron chi connectivity index (χ2n) is 4.14. The SMILES string of the molecule is C1=Cc2cc3ccccc3c3nccc1c23. The molecule has 0 atom stereocenters. The molecule has 0 aliphatic heterocycles. The van der Waals surface area contributed by atoms with E-state index in [0.29, 0.717) is 0 Å². The van der Waals surface area contributed by atoms with E-state index in [9.17, 15) is 0 Å². The maximum atomic E-state index is 4.53. The molecule has 1 nitrogen and oxygen atoms in total. The van der Waals surface area contributed by atoms with Crippen LogP contribution in [-0.4, -0.2) is 4.98 Å². The molecule has 0 saturated heterocycles. The summed E-state index contributed by atoms with van der Waals surface area (Å²) in [6.45, 7) is 0. The van der Waals surface area contributed by atoms with Gasteiger partial charge in [0, 0.05) is 17.0 Å². The smallest absolute Gasteiger partial charge is 0.0792 e. The largest absolute Gasteiger partial charge is 0.256 e. The summed E-state index contributed by atoms with van der Waals surface area (Å²) >= 11 is 0. The summed E-state index contributed by atoms with van der Waals surface area (Å²) in [7, 11) is 0. The van der Waals surface area contributed by atoms with E-state index < -0.39 is 0 Å². The molecule has 0 spiro atoms. The quantitative estimate of drug-likeness (QED) is 0.395. The van der Waals surface area contributed by atoms with Gasteiger partial charge >= 0.3 is 0 Å². The fraction of sp³-hybridized carbons (Fsp3) is 0. The van der Waals surface area contributed by atoms with Crippen molar-refractivity contribution in [2.45, 2.75) is 0 Å². The summed E-state index contributed by atoms with van der Waals surface area (Å²) in [4.78, 5) is 4.53. The van der Waals surface area contributed by atoms with E-state index in [2.05, 4.69) is 53.5 Å². The molecule has 0 unspecified atom stereocenters. The third kappa shape index (κ3) is 0.878. The highest BCUT2D eigenvalue weighted by Gasteiger charge is 2.12. The van der Waals surface area contributed by atoms with Gasteiger partial charge in [0.05, 0.1) is 5.52 Å². The molecule has 3 aromatic rings. The molecule has 0 N–H and O–H groups in total. The van der Waals surface area contributed by atoms with Crippen LogP contribution in [0.1, 0.15) is 11.1 Å². The highest BCUT2D eigenvalue weighted by molar-refractivity contribution is 6.14. The van der Waals surface area contributed by atoms with Crippen LogP contribution < -0.4 is 0 Å². The highest BCUT2D eigenvalue weighted by atomic mass is 14.7. The van der Waals surface area contributed by atoms with Crippen molar-refractivity contribution < 1.29 is 0 Å². The van der Waals surface area contributed by atoms with Crippen LogP contribution >= 0.6 is 0 Å². The molecule has 16 heavy (non-hydrogen) atoms. The number of nitrogens with zero attached hydrogens (tertiary/aromatic N) is 1. The second kappa shape index (κ2) is 2.70. The van der Waals surface area contributed by atoms with E-state index in [-0.39, 0.29) is 0 Å².